The van der Waals surface area contributed by atoms with Crippen LogP contribution in [0.1, 0.15) is 5.71 Å². The first-order valence-electron chi connectivity index (χ1n) is 0. The maximum absolute atomic E-state index is 0. The molecule has 0 rings (SSSR count). The van der Waals surface area contributed by atoms with E-state index in [1.807, 2.05) is 0 Å². The number of hydrogen-bond acceptors (Lipinski definition) is 0. The van der Waals surface area contributed by atoms with Gasteiger partial charge in [-0.15, -0.1) is 0 Å². The maximum atomic E-state index is 0. The Balaban J connectivity index is 0. The van der Waals surface area contributed by atoms with Crippen LogP contribution in [-0.4, -0.2) is 99.8 Å². The molecule has 0 aromatic heterocycles. The summed E-state index contributed by atoms with van der Waals surface area (Å²) in [5.41, 5.74) is 0. The Labute approximate surface area is 136 Å². The predicted molar refractivity (Wildman–Crippen MR) is 19.6 cm³/mol. The zero-order valence-corrected chi connectivity index (χ0v) is 12.7. The Hall–Kier alpha value is 4.04. The van der Waals surface area contributed by atoms with E-state index in [4.69, 9.17) is 0 Å². The van der Waals surface area contributed by atoms with Crippen molar-refractivity contribution in [1.29, 1.82) is 0 Å². The molecule has 5 heteroatoms. The van der Waals surface area contributed by atoms with Gasteiger partial charge in [0.15, 0.2) is 0 Å². The largest absolute Gasteiger partial charge is 2.00 e. The second-order valence-corrected chi connectivity index (χ2v) is 0. The molecule has 0 aromatic carbocycles. The summed E-state index contributed by atoms with van der Waals surface area (Å²) in [6.45, 7) is 0. The third-order valence-electron chi connectivity index (χ3n) is 0. The van der Waals surface area contributed by atoms with Gasteiger partial charge < -0.3 is 11.2 Å². The van der Waals surface area contributed by atoms with E-state index in [9.17, 15) is 0 Å². The van der Waals surface area contributed by atoms with Crippen LogP contribution >= 0.6 is 0 Å². The molecule has 0 bridgehead atoms. The summed E-state index contributed by atoms with van der Waals surface area (Å²) in [6.07, 6.45) is 0. The minimum absolute atomic E-state index is 0. The summed E-state index contributed by atoms with van der Waals surface area (Å²) in [4.78, 5) is 0. The minimum Gasteiger partial charge on any atom is -1.00 e. The van der Waals surface area contributed by atoms with Crippen LogP contribution < -0.4 is 0 Å². The first-order chi connectivity index (χ1) is 0. The first-order valence-corrected chi connectivity index (χ1v) is 0. The van der Waals surface area contributed by atoms with Crippen molar-refractivity contribution in [1.82, 2.24) is 0 Å². The van der Waals surface area contributed by atoms with E-state index in [-0.39, 0.29) is 139 Å². The van der Waals surface area contributed by atoms with E-state index in [1.165, 1.54) is 0 Å². The fraction of sp³-hybridized carbons (Fsp3) is 0. The number of rotatable bonds is 0. The summed E-state index contributed by atoms with van der Waals surface area (Å²) >= 11 is 0. The van der Waals surface area contributed by atoms with Crippen LogP contribution in [0.15, 0.2) is 0 Å². The summed E-state index contributed by atoms with van der Waals surface area (Å²) in [7, 11) is 0. The third kappa shape index (κ3) is 18.0. The zero-order valence-electron chi connectivity index (χ0n) is 6.60. The molecular formula is H6BaCoFeOSr. The average molecular weight is 362 g/mol. The first kappa shape index (κ1) is 35.8. The normalized spacial score (nSPS) is 0. The van der Waals surface area contributed by atoms with Crippen molar-refractivity contribution in [3.63, 3.8) is 0 Å². The van der Waals surface area contributed by atoms with Crippen LogP contribution in [0.5, 0.6) is 0 Å². The topological polar surface area (TPSA) is 31.5 Å². The molecule has 0 atom stereocenters. The second-order valence-electron chi connectivity index (χ2n) is 0. The van der Waals surface area contributed by atoms with Crippen molar-refractivity contribution in [2.45, 2.75) is 0 Å². The van der Waals surface area contributed by atoms with Gasteiger partial charge in [-0.2, -0.15) is 0 Å². The molecule has 0 heterocycles. The van der Waals surface area contributed by atoms with Gasteiger partial charge in [-0.1, -0.05) is 0 Å². The van der Waals surface area contributed by atoms with Crippen LogP contribution in [0.2, 0.25) is 0 Å². The summed E-state index contributed by atoms with van der Waals surface area (Å²) in [6, 6.07) is 0. The van der Waals surface area contributed by atoms with Gasteiger partial charge in [0.25, 0.3) is 0 Å². The Morgan fingerprint density at radius 2 is 1.20 bits per heavy atom. The summed E-state index contributed by atoms with van der Waals surface area (Å²) in [5, 5.41) is 0. The molecule has 2 N–H and O–H groups in total. The monoisotopic (exact) mass is 363 g/mol. The molecule has 0 spiro atoms. The van der Waals surface area contributed by atoms with Crippen LogP contribution in [0.4, 0.5) is 0 Å². The van der Waals surface area contributed by atoms with Crippen LogP contribution in [-0.2, 0) is 33.8 Å². The average Bonchev–Trinajstić information content (AvgIpc) is 0. The second kappa shape index (κ2) is 24.4. The predicted octanol–water partition coefficient (Wildman–Crippen LogP) is -1.14. The van der Waals surface area contributed by atoms with Gasteiger partial charge in [0, 0.05) is 33.8 Å². The summed E-state index contributed by atoms with van der Waals surface area (Å²) < 4.78 is 0. The molecule has 0 unspecified atom stereocenters. The molecule has 5 heavy (non-hydrogen) atoms. The molecule has 0 aliphatic carbocycles. The Morgan fingerprint density at radius 1 is 1.20 bits per heavy atom. The van der Waals surface area contributed by atoms with Gasteiger partial charge in [0.05, 0.1) is 0 Å². The van der Waals surface area contributed by atoms with Crippen LogP contribution in [0, 0.1) is 0 Å². The molecule has 0 amide bonds. The fourth-order valence-electron chi connectivity index (χ4n) is 0. The number of hydrogen-bond donors (Lipinski definition) is 0. The molecular weight excluding hydrogens is 356 g/mol. The summed E-state index contributed by atoms with van der Waals surface area (Å²) in [5.74, 6) is 0. The quantitative estimate of drug-likeness (QED) is 0.489. The SMILES string of the molecule is O.[Ba+2].[Co].[Fe].[H-].[H-].[H-].[H-].[Sr+2]. The van der Waals surface area contributed by atoms with Crippen LogP contribution in [0.3, 0.4) is 0 Å². The molecule has 1 radical (unpaired) electrons. The van der Waals surface area contributed by atoms with E-state index < -0.39 is 0 Å². The van der Waals surface area contributed by atoms with Crippen molar-refractivity contribution < 1.29 is 45.0 Å². The van der Waals surface area contributed by atoms with E-state index >= 15 is 0 Å². The van der Waals surface area contributed by atoms with Crippen molar-refractivity contribution in [2.75, 3.05) is 0 Å². The maximum Gasteiger partial charge on any atom is 2.00 e. The van der Waals surface area contributed by atoms with E-state index in [0.717, 1.165) is 0 Å². The molecule has 0 aromatic rings. The van der Waals surface area contributed by atoms with E-state index in [1.54, 1.807) is 0 Å². The van der Waals surface area contributed by atoms with E-state index in [0.29, 0.717) is 0 Å². The Kier molecular flexibility index (Phi) is 175. The minimum atomic E-state index is 0. The van der Waals surface area contributed by atoms with Gasteiger partial charge in [0.1, 0.15) is 0 Å². The molecule has 0 saturated heterocycles. The third-order valence-corrected chi connectivity index (χ3v) is 0. The molecule has 0 aliphatic heterocycles. The van der Waals surface area contributed by atoms with Crippen molar-refractivity contribution in [3.8, 4) is 0 Å². The standard InChI is InChI=1S/Ba.Co.Fe.H2O.Sr.4H/h;;;1H2;;;;;/q+2;;;;+2;4*-1. The Bertz CT molecular complexity index is 20.5. The molecule has 0 aliphatic rings. The zero-order chi connectivity index (χ0) is 0. The van der Waals surface area contributed by atoms with Gasteiger partial charge in [-0.05, 0) is 0 Å². The molecule has 1 nitrogen and oxygen atoms in total. The van der Waals surface area contributed by atoms with Gasteiger partial charge >= 0.3 is 94.4 Å². The molecule has 0 saturated carbocycles. The fourth-order valence-corrected chi connectivity index (χ4v) is 0. The van der Waals surface area contributed by atoms with Gasteiger partial charge in [-0.25, -0.2) is 0 Å². The molecule has 0 fully saturated rings. The van der Waals surface area contributed by atoms with Gasteiger partial charge in [0.2, 0.25) is 0 Å². The molecule has 33 valence electrons. The van der Waals surface area contributed by atoms with Crippen molar-refractivity contribution in [2.24, 2.45) is 0 Å². The van der Waals surface area contributed by atoms with Crippen molar-refractivity contribution >= 4 is 94.4 Å². The smallest absolute Gasteiger partial charge is 1.00 e. The van der Waals surface area contributed by atoms with Crippen LogP contribution in [0.25, 0.3) is 0 Å². The van der Waals surface area contributed by atoms with E-state index in [2.05, 4.69) is 0 Å². The van der Waals surface area contributed by atoms with Crippen molar-refractivity contribution in [3.05, 3.63) is 0 Å². The van der Waals surface area contributed by atoms with Gasteiger partial charge in [-0.3, -0.25) is 0 Å². The Morgan fingerprint density at radius 3 is 1.20 bits per heavy atom.